The van der Waals surface area contributed by atoms with E-state index in [1.807, 2.05) is 0 Å². The molecule has 4 nitrogen and oxygen atoms in total. The van der Waals surface area contributed by atoms with Crippen LogP contribution in [0.3, 0.4) is 0 Å². The molecule has 122 valence electrons. The number of benzene rings is 2. The molecule has 2 aromatic rings. The molecule has 0 spiro atoms. The lowest BCUT2D eigenvalue weighted by Crippen LogP contribution is -2.20. The molecule has 0 radical (unpaired) electrons. The van der Waals surface area contributed by atoms with Crippen molar-refractivity contribution in [3.05, 3.63) is 54.1 Å². The Bertz CT molecular complexity index is 683. The summed E-state index contributed by atoms with van der Waals surface area (Å²) in [4.78, 5) is 11.7. The van der Waals surface area contributed by atoms with Gasteiger partial charge in [0.1, 0.15) is 5.75 Å². The lowest BCUT2D eigenvalue weighted by Gasteiger charge is -2.13. The number of ether oxygens (including phenoxy) is 3. The average molecular weight is 326 g/mol. The number of halogens is 3. The van der Waals surface area contributed by atoms with Gasteiger partial charge >= 0.3 is 12.1 Å². The average Bonchev–Trinajstić information content (AvgIpc) is 2.52. The zero-order valence-corrected chi connectivity index (χ0v) is 12.1. The number of esters is 1. The van der Waals surface area contributed by atoms with Crippen molar-refractivity contribution in [3.63, 3.8) is 0 Å². The molecule has 7 heteroatoms. The number of methoxy groups -OCH3 is 1. The van der Waals surface area contributed by atoms with E-state index in [-0.39, 0.29) is 5.75 Å². The van der Waals surface area contributed by atoms with E-state index < -0.39 is 30.1 Å². The number of rotatable bonds is 5. The van der Waals surface area contributed by atoms with E-state index in [1.165, 1.54) is 19.2 Å². The summed E-state index contributed by atoms with van der Waals surface area (Å²) in [5.41, 5.74) is -1.02. The van der Waals surface area contributed by atoms with Gasteiger partial charge in [0, 0.05) is 0 Å². The van der Waals surface area contributed by atoms with Crippen LogP contribution in [0.1, 0.15) is 5.56 Å². The first-order valence-electron chi connectivity index (χ1n) is 6.54. The third kappa shape index (κ3) is 4.38. The second kappa shape index (κ2) is 7.04. The molecular weight excluding hydrogens is 313 g/mol. The highest BCUT2D eigenvalue weighted by Gasteiger charge is 2.34. The number of carbonyl (C=O) groups excluding carboxylic acids is 1. The first-order valence-corrected chi connectivity index (χ1v) is 6.54. The Hall–Kier alpha value is -2.70. The van der Waals surface area contributed by atoms with E-state index in [2.05, 4.69) is 0 Å². The highest BCUT2D eigenvalue weighted by Crippen LogP contribution is 2.36. The smallest absolute Gasteiger partial charge is 0.419 e. The van der Waals surface area contributed by atoms with Gasteiger partial charge in [0.25, 0.3) is 0 Å². The topological polar surface area (TPSA) is 44.8 Å². The van der Waals surface area contributed by atoms with Crippen LogP contribution >= 0.6 is 0 Å². The summed E-state index contributed by atoms with van der Waals surface area (Å²) in [6.45, 7) is -0.549. The molecule has 0 aliphatic heterocycles. The first-order chi connectivity index (χ1) is 10.9. The van der Waals surface area contributed by atoms with Crippen LogP contribution in [0.25, 0.3) is 0 Å². The van der Waals surface area contributed by atoms with Crippen LogP contribution in [0.15, 0.2) is 48.5 Å². The minimum absolute atomic E-state index is 0.288. The molecule has 0 saturated heterocycles. The molecular formula is C16H13F3O4. The number of carbonyl (C=O) groups is 1. The van der Waals surface area contributed by atoms with Crippen LogP contribution < -0.4 is 14.2 Å². The van der Waals surface area contributed by atoms with Crippen molar-refractivity contribution in [3.8, 4) is 17.2 Å². The monoisotopic (exact) mass is 326 g/mol. The normalized spacial score (nSPS) is 11.0. The lowest BCUT2D eigenvalue weighted by atomic mass is 10.2. The van der Waals surface area contributed by atoms with Crippen molar-refractivity contribution >= 4 is 5.97 Å². The van der Waals surface area contributed by atoms with Gasteiger partial charge in [-0.3, -0.25) is 0 Å². The quantitative estimate of drug-likeness (QED) is 0.621. The van der Waals surface area contributed by atoms with Gasteiger partial charge in [-0.2, -0.15) is 13.2 Å². The van der Waals surface area contributed by atoms with Gasteiger partial charge in [-0.15, -0.1) is 0 Å². The van der Waals surface area contributed by atoms with E-state index in [9.17, 15) is 18.0 Å². The van der Waals surface area contributed by atoms with Gasteiger partial charge in [-0.1, -0.05) is 24.3 Å². The fourth-order valence-corrected chi connectivity index (χ4v) is 1.82. The minimum Gasteiger partial charge on any atom is -0.493 e. The molecule has 2 rings (SSSR count). The van der Waals surface area contributed by atoms with Crippen molar-refractivity contribution in [2.75, 3.05) is 13.7 Å². The fourth-order valence-electron chi connectivity index (χ4n) is 1.82. The molecule has 0 aromatic heterocycles. The van der Waals surface area contributed by atoms with Crippen molar-refractivity contribution in [1.29, 1.82) is 0 Å². The predicted octanol–water partition coefficient (Wildman–Crippen LogP) is 3.70. The van der Waals surface area contributed by atoms with Crippen LogP contribution in [0, 0.1) is 0 Å². The maximum absolute atomic E-state index is 12.8. The molecule has 0 saturated carbocycles. The second-order valence-electron chi connectivity index (χ2n) is 4.41. The summed E-state index contributed by atoms with van der Waals surface area (Å²) in [5.74, 6) is -0.826. The molecule has 0 bridgehead atoms. The Balaban J connectivity index is 2.04. The van der Waals surface area contributed by atoms with Crippen molar-refractivity contribution < 1.29 is 32.2 Å². The van der Waals surface area contributed by atoms with E-state index in [0.29, 0.717) is 5.75 Å². The summed E-state index contributed by atoms with van der Waals surface area (Å²) in [6.07, 6.45) is -4.61. The molecule has 2 aromatic carbocycles. The van der Waals surface area contributed by atoms with Gasteiger partial charge < -0.3 is 14.2 Å². The van der Waals surface area contributed by atoms with Crippen LogP contribution in [-0.2, 0) is 11.0 Å². The fraction of sp³-hybridized carbons (Fsp3) is 0.188. The molecule has 0 atom stereocenters. The molecule has 0 N–H and O–H groups in total. The van der Waals surface area contributed by atoms with Gasteiger partial charge in [-0.05, 0) is 24.3 Å². The molecule has 0 unspecified atom stereocenters. The maximum Gasteiger partial charge on any atom is 0.419 e. The van der Waals surface area contributed by atoms with Gasteiger partial charge in [0.15, 0.2) is 18.1 Å². The van der Waals surface area contributed by atoms with Crippen LogP contribution in [0.4, 0.5) is 13.2 Å². The Kier molecular flexibility index (Phi) is 5.10. The Morgan fingerprint density at radius 1 is 0.957 bits per heavy atom. The Morgan fingerprint density at radius 3 is 2.13 bits per heavy atom. The van der Waals surface area contributed by atoms with E-state index in [1.54, 1.807) is 24.3 Å². The third-order valence-corrected chi connectivity index (χ3v) is 2.83. The molecule has 0 heterocycles. The lowest BCUT2D eigenvalue weighted by molar-refractivity contribution is -0.143. The summed E-state index contributed by atoms with van der Waals surface area (Å²) in [7, 11) is 1.43. The highest BCUT2D eigenvalue weighted by molar-refractivity contribution is 5.74. The van der Waals surface area contributed by atoms with E-state index in [0.717, 1.165) is 12.1 Å². The second-order valence-corrected chi connectivity index (χ2v) is 4.41. The van der Waals surface area contributed by atoms with Crippen molar-refractivity contribution in [2.45, 2.75) is 6.18 Å². The van der Waals surface area contributed by atoms with Gasteiger partial charge in [0.05, 0.1) is 12.7 Å². The molecule has 0 fully saturated rings. The predicted molar refractivity (Wildman–Crippen MR) is 75.6 cm³/mol. The van der Waals surface area contributed by atoms with Crippen molar-refractivity contribution in [2.24, 2.45) is 0 Å². The maximum atomic E-state index is 12.8. The SMILES string of the molecule is COc1ccccc1OCC(=O)Oc1ccccc1C(F)(F)F. The van der Waals surface area contributed by atoms with Crippen LogP contribution in [0.5, 0.6) is 17.2 Å². The molecule has 0 aliphatic carbocycles. The summed E-state index contributed by atoms with van der Waals surface area (Å²) < 4.78 is 53.4. The summed E-state index contributed by atoms with van der Waals surface area (Å²) in [5, 5.41) is 0. The third-order valence-electron chi connectivity index (χ3n) is 2.83. The number of hydrogen-bond donors (Lipinski definition) is 0. The Labute approximate surface area is 130 Å². The molecule has 0 aliphatic rings. The zero-order valence-electron chi connectivity index (χ0n) is 12.1. The summed E-state index contributed by atoms with van der Waals surface area (Å²) in [6, 6.07) is 11.0. The standard InChI is InChI=1S/C16H13F3O4/c1-21-13-8-4-5-9-14(13)22-10-15(20)23-12-7-3-2-6-11(12)16(17,18)19/h2-9H,10H2,1H3. The zero-order chi connectivity index (χ0) is 16.9. The number of hydrogen-bond acceptors (Lipinski definition) is 4. The molecule has 23 heavy (non-hydrogen) atoms. The highest BCUT2D eigenvalue weighted by atomic mass is 19.4. The van der Waals surface area contributed by atoms with Crippen LogP contribution in [0.2, 0.25) is 0 Å². The van der Waals surface area contributed by atoms with Gasteiger partial charge in [0.2, 0.25) is 0 Å². The summed E-state index contributed by atoms with van der Waals surface area (Å²) >= 11 is 0. The minimum atomic E-state index is -4.61. The van der Waals surface area contributed by atoms with Crippen molar-refractivity contribution in [1.82, 2.24) is 0 Å². The van der Waals surface area contributed by atoms with Gasteiger partial charge in [-0.25, -0.2) is 4.79 Å². The van der Waals surface area contributed by atoms with E-state index in [4.69, 9.17) is 14.2 Å². The number of para-hydroxylation sites is 3. The van der Waals surface area contributed by atoms with Crippen LogP contribution in [-0.4, -0.2) is 19.7 Å². The molecule has 0 amide bonds. The largest absolute Gasteiger partial charge is 0.493 e. The van der Waals surface area contributed by atoms with E-state index >= 15 is 0 Å². The Morgan fingerprint density at radius 2 is 1.52 bits per heavy atom. The number of alkyl halides is 3. The first kappa shape index (κ1) is 16.7.